The highest BCUT2D eigenvalue weighted by atomic mass is 16.6. The predicted molar refractivity (Wildman–Crippen MR) is 100 cm³/mol. The van der Waals surface area contributed by atoms with Crippen LogP contribution in [0.3, 0.4) is 0 Å². The maximum absolute atomic E-state index is 12.3. The Kier molecular flexibility index (Phi) is 6.47. The SMILES string of the molecule is CNCCCN(C=O)c1cc2c(cc1OC)CN(C(=O)OC(C)(C)C)C2. The van der Waals surface area contributed by atoms with Crippen LogP contribution in [-0.4, -0.2) is 50.3 Å². The van der Waals surface area contributed by atoms with Gasteiger partial charge in [0.05, 0.1) is 12.8 Å². The van der Waals surface area contributed by atoms with Crippen LogP contribution in [0.4, 0.5) is 10.5 Å². The van der Waals surface area contributed by atoms with Gasteiger partial charge < -0.3 is 19.7 Å². The quantitative estimate of drug-likeness (QED) is 0.595. The van der Waals surface area contributed by atoms with Gasteiger partial charge in [-0.2, -0.15) is 0 Å². The lowest BCUT2D eigenvalue weighted by Crippen LogP contribution is -2.33. The molecule has 2 amide bonds. The third-order valence-electron chi connectivity index (χ3n) is 4.14. The number of nitrogens with one attached hydrogen (secondary N) is 1. The molecule has 0 aromatic heterocycles. The van der Waals surface area contributed by atoms with E-state index in [1.165, 1.54) is 0 Å². The number of hydrogen-bond donors (Lipinski definition) is 1. The van der Waals surface area contributed by atoms with Crippen LogP contribution >= 0.6 is 0 Å². The van der Waals surface area contributed by atoms with E-state index < -0.39 is 5.60 Å². The second kappa shape index (κ2) is 8.40. The molecule has 0 atom stereocenters. The first-order valence-corrected chi connectivity index (χ1v) is 8.83. The standard InChI is InChI=1S/C19H29N3O4/c1-19(2,3)26-18(24)22-11-14-9-16(17(25-5)10-15(14)12-22)21(13-23)8-6-7-20-4/h9-10,13,20H,6-8,11-12H2,1-5H3. The minimum atomic E-state index is -0.531. The summed E-state index contributed by atoms with van der Waals surface area (Å²) in [6.07, 6.45) is 1.32. The summed E-state index contributed by atoms with van der Waals surface area (Å²) in [6, 6.07) is 3.84. The molecule has 144 valence electrons. The van der Waals surface area contributed by atoms with E-state index in [-0.39, 0.29) is 6.09 Å². The van der Waals surface area contributed by atoms with E-state index in [0.29, 0.717) is 25.4 Å². The molecule has 0 unspecified atom stereocenters. The fourth-order valence-electron chi connectivity index (χ4n) is 2.91. The first-order valence-electron chi connectivity index (χ1n) is 8.83. The molecule has 0 spiro atoms. The molecule has 1 heterocycles. The minimum absolute atomic E-state index is 0.338. The molecule has 1 aliphatic rings. The zero-order valence-corrected chi connectivity index (χ0v) is 16.3. The summed E-state index contributed by atoms with van der Waals surface area (Å²) in [4.78, 5) is 27.2. The Morgan fingerprint density at radius 1 is 1.31 bits per heavy atom. The zero-order chi connectivity index (χ0) is 19.3. The molecule has 0 saturated heterocycles. The number of nitrogens with zero attached hydrogens (tertiary/aromatic N) is 2. The van der Waals surface area contributed by atoms with Crippen LogP contribution in [0.15, 0.2) is 12.1 Å². The summed E-state index contributed by atoms with van der Waals surface area (Å²) in [6.45, 7) is 7.90. The Labute approximate surface area is 155 Å². The van der Waals surface area contributed by atoms with E-state index in [1.54, 1.807) is 16.9 Å². The Morgan fingerprint density at radius 2 is 1.96 bits per heavy atom. The molecule has 7 nitrogen and oxygen atoms in total. The Balaban J connectivity index is 2.20. The van der Waals surface area contributed by atoms with Crippen molar-refractivity contribution in [2.75, 3.05) is 32.1 Å². The van der Waals surface area contributed by atoms with Gasteiger partial charge in [0.1, 0.15) is 11.4 Å². The molecule has 26 heavy (non-hydrogen) atoms. The molecule has 0 saturated carbocycles. The molecule has 1 aromatic carbocycles. The first kappa shape index (κ1) is 20.0. The van der Waals surface area contributed by atoms with Gasteiger partial charge in [0, 0.05) is 19.6 Å². The van der Waals surface area contributed by atoms with Gasteiger partial charge >= 0.3 is 6.09 Å². The van der Waals surface area contributed by atoms with Crippen molar-refractivity contribution in [2.24, 2.45) is 0 Å². The third kappa shape index (κ3) is 4.88. The van der Waals surface area contributed by atoms with Crippen LogP contribution < -0.4 is 15.0 Å². The molecule has 0 fully saturated rings. The molecular formula is C19H29N3O4. The second-order valence-electron chi connectivity index (χ2n) is 7.39. The average molecular weight is 363 g/mol. The van der Waals surface area contributed by atoms with Gasteiger partial charge in [0.25, 0.3) is 0 Å². The smallest absolute Gasteiger partial charge is 0.410 e. The summed E-state index contributed by atoms with van der Waals surface area (Å²) < 4.78 is 10.9. The summed E-state index contributed by atoms with van der Waals surface area (Å²) in [5.74, 6) is 0.631. The van der Waals surface area contributed by atoms with Gasteiger partial charge in [-0.3, -0.25) is 9.69 Å². The van der Waals surface area contributed by atoms with E-state index in [0.717, 1.165) is 36.2 Å². The van der Waals surface area contributed by atoms with E-state index >= 15 is 0 Å². The normalized spacial score (nSPS) is 13.3. The molecular weight excluding hydrogens is 334 g/mol. The maximum Gasteiger partial charge on any atom is 0.410 e. The van der Waals surface area contributed by atoms with E-state index in [2.05, 4.69) is 5.32 Å². The molecule has 1 N–H and O–H groups in total. The number of hydrogen-bond acceptors (Lipinski definition) is 5. The van der Waals surface area contributed by atoms with Crippen LogP contribution in [-0.2, 0) is 22.6 Å². The van der Waals surface area contributed by atoms with Crippen LogP contribution in [0.2, 0.25) is 0 Å². The monoisotopic (exact) mass is 363 g/mol. The summed E-state index contributed by atoms with van der Waals surface area (Å²) in [5.41, 5.74) is 2.21. The number of benzene rings is 1. The van der Waals surface area contributed by atoms with Crippen molar-refractivity contribution in [3.8, 4) is 5.75 Å². The summed E-state index contributed by atoms with van der Waals surface area (Å²) >= 11 is 0. The largest absolute Gasteiger partial charge is 0.495 e. The molecule has 2 rings (SSSR count). The number of carbonyl (C=O) groups is 2. The van der Waals surface area contributed by atoms with Crippen LogP contribution in [0.5, 0.6) is 5.75 Å². The average Bonchev–Trinajstić information content (AvgIpc) is 2.99. The van der Waals surface area contributed by atoms with Crippen molar-refractivity contribution >= 4 is 18.2 Å². The number of carbonyl (C=O) groups excluding carboxylic acids is 2. The lowest BCUT2D eigenvalue weighted by Gasteiger charge is -2.24. The lowest BCUT2D eigenvalue weighted by atomic mass is 10.1. The molecule has 0 bridgehead atoms. The third-order valence-corrected chi connectivity index (χ3v) is 4.14. The predicted octanol–water partition coefficient (Wildman–Crippen LogP) is 2.52. The van der Waals surface area contributed by atoms with Gasteiger partial charge in [-0.1, -0.05) is 0 Å². The fraction of sp³-hybridized carbons (Fsp3) is 0.579. The van der Waals surface area contributed by atoms with E-state index in [4.69, 9.17) is 9.47 Å². The minimum Gasteiger partial charge on any atom is -0.495 e. The summed E-state index contributed by atoms with van der Waals surface area (Å²) in [7, 11) is 3.47. The Morgan fingerprint density at radius 3 is 2.50 bits per heavy atom. The van der Waals surface area contributed by atoms with E-state index in [1.807, 2.05) is 40.0 Å². The molecule has 1 aromatic rings. The topological polar surface area (TPSA) is 71.1 Å². The van der Waals surface area contributed by atoms with Gasteiger partial charge in [-0.15, -0.1) is 0 Å². The van der Waals surface area contributed by atoms with Crippen molar-refractivity contribution < 1.29 is 19.1 Å². The fourth-order valence-corrected chi connectivity index (χ4v) is 2.91. The number of anilines is 1. The highest BCUT2D eigenvalue weighted by Gasteiger charge is 2.29. The van der Waals surface area contributed by atoms with Crippen LogP contribution in [0, 0.1) is 0 Å². The molecule has 7 heteroatoms. The highest BCUT2D eigenvalue weighted by Crippen LogP contribution is 2.36. The van der Waals surface area contributed by atoms with Gasteiger partial charge in [0.2, 0.25) is 6.41 Å². The lowest BCUT2D eigenvalue weighted by molar-refractivity contribution is -0.107. The van der Waals surface area contributed by atoms with E-state index in [9.17, 15) is 9.59 Å². The summed E-state index contributed by atoms with van der Waals surface area (Å²) in [5, 5.41) is 3.07. The van der Waals surface area contributed by atoms with Gasteiger partial charge in [0.15, 0.2) is 0 Å². The number of fused-ring (bicyclic) bond motifs is 1. The molecule has 0 aliphatic carbocycles. The Bertz CT molecular complexity index is 655. The van der Waals surface area contributed by atoms with Crippen molar-refractivity contribution in [3.05, 3.63) is 23.3 Å². The van der Waals surface area contributed by atoms with Crippen LogP contribution in [0.1, 0.15) is 38.3 Å². The van der Waals surface area contributed by atoms with Gasteiger partial charge in [-0.25, -0.2) is 4.79 Å². The van der Waals surface area contributed by atoms with Crippen molar-refractivity contribution in [1.29, 1.82) is 0 Å². The number of methoxy groups -OCH3 is 1. The molecule has 1 aliphatic heterocycles. The van der Waals surface area contributed by atoms with Gasteiger partial charge in [-0.05, 0) is 64.0 Å². The maximum atomic E-state index is 12.3. The number of rotatable bonds is 7. The second-order valence-corrected chi connectivity index (χ2v) is 7.39. The zero-order valence-electron chi connectivity index (χ0n) is 16.3. The van der Waals surface area contributed by atoms with Crippen molar-refractivity contribution in [3.63, 3.8) is 0 Å². The highest BCUT2D eigenvalue weighted by molar-refractivity contribution is 5.80. The first-order chi connectivity index (χ1) is 12.3. The number of ether oxygens (including phenoxy) is 2. The Hall–Kier alpha value is -2.28. The van der Waals surface area contributed by atoms with Crippen molar-refractivity contribution in [2.45, 2.75) is 45.9 Å². The number of amides is 2. The van der Waals surface area contributed by atoms with Crippen LogP contribution in [0.25, 0.3) is 0 Å². The molecule has 0 radical (unpaired) electrons. The van der Waals surface area contributed by atoms with Crippen molar-refractivity contribution in [1.82, 2.24) is 10.2 Å².